The number of primary sulfonamides is 1. The normalized spacial score (nSPS) is 13.7. The van der Waals surface area contributed by atoms with Gasteiger partial charge in [0.1, 0.15) is 0 Å². The first-order valence-corrected chi connectivity index (χ1v) is 7.90. The first kappa shape index (κ1) is 17.8. The highest BCUT2D eigenvalue weighted by Gasteiger charge is 2.15. The van der Waals surface area contributed by atoms with Gasteiger partial charge in [0.05, 0.1) is 38.3 Å². The van der Waals surface area contributed by atoms with Crippen LogP contribution in [0.25, 0.3) is 0 Å². The maximum atomic E-state index is 11.0. The van der Waals surface area contributed by atoms with Crippen molar-refractivity contribution in [3.63, 3.8) is 0 Å². The van der Waals surface area contributed by atoms with E-state index in [0.717, 1.165) is 12.8 Å². The van der Waals surface area contributed by atoms with Gasteiger partial charge in [0, 0.05) is 7.11 Å². The third kappa shape index (κ3) is 12.3. The van der Waals surface area contributed by atoms with Gasteiger partial charge in [-0.05, 0) is 6.42 Å². The fraction of sp³-hybridized carbons (Fsp3) is 1.00. The fourth-order valence-electron chi connectivity index (χ4n) is 1.42. The molecule has 0 amide bonds. The molecular formula is C11H25NO5S. The number of ether oxygens (including phenoxy) is 3. The van der Waals surface area contributed by atoms with Crippen LogP contribution in [0, 0.1) is 0 Å². The summed E-state index contributed by atoms with van der Waals surface area (Å²) in [5, 5.41) is 5.02. The van der Waals surface area contributed by atoms with E-state index in [0.29, 0.717) is 32.8 Å². The first-order chi connectivity index (χ1) is 8.49. The molecule has 1 atom stereocenters. The van der Waals surface area contributed by atoms with Gasteiger partial charge in [-0.1, -0.05) is 19.8 Å². The zero-order valence-corrected chi connectivity index (χ0v) is 12.1. The Labute approximate surface area is 110 Å². The Kier molecular flexibility index (Phi) is 10.6. The van der Waals surface area contributed by atoms with Crippen molar-refractivity contribution < 1.29 is 22.6 Å². The van der Waals surface area contributed by atoms with Crippen LogP contribution < -0.4 is 5.14 Å². The van der Waals surface area contributed by atoms with Crippen molar-refractivity contribution in [1.29, 1.82) is 0 Å². The van der Waals surface area contributed by atoms with Crippen molar-refractivity contribution in [1.82, 2.24) is 0 Å². The molecule has 0 radical (unpaired) electrons. The summed E-state index contributed by atoms with van der Waals surface area (Å²) in [5.74, 6) is -0.134. The molecule has 18 heavy (non-hydrogen) atoms. The number of methoxy groups -OCH3 is 1. The summed E-state index contributed by atoms with van der Waals surface area (Å²) >= 11 is 0. The van der Waals surface area contributed by atoms with Crippen LogP contribution in [0.5, 0.6) is 0 Å². The number of sulfonamides is 1. The average molecular weight is 283 g/mol. The molecule has 0 aromatic heterocycles. The predicted octanol–water partition coefficient (Wildman–Crippen LogP) is 0.513. The monoisotopic (exact) mass is 283 g/mol. The van der Waals surface area contributed by atoms with Gasteiger partial charge in [0.25, 0.3) is 0 Å². The van der Waals surface area contributed by atoms with Crippen molar-refractivity contribution in [2.45, 2.75) is 32.3 Å². The molecule has 0 aliphatic carbocycles. The minimum absolute atomic E-state index is 0.134. The molecular weight excluding hydrogens is 258 g/mol. The van der Waals surface area contributed by atoms with E-state index >= 15 is 0 Å². The summed E-state index contributed by atoms with van der Waals surface area (Å²) in [6.07, 6.45) is 2.27. The van der Waals surface area contributed by atoms with Crippen LogP contribution >= 0.6 is 0 Å². The summed E-state index contributed by atoms with van der Waals surface area (Å²) in [6, 6.07) is 0. The smallest absolute Gasteiger partial charge is 0.211 e. The Bertz CT molecular complexity index is 281. The second-order valence-corrected chi connectivity index (χ2v) is 5.73. The Morgan fingerprint density at radius 2 is 1.83 bits per heavy atom. The lowest BCUT2D eigenvalue weighted by Gasteiger charge is -2.16. The van der Waals surface area contributed by atoms with Crippen molar-refractivity contribution >= 4 is 10.0 Å². The Hall–Kier alpha value is -0.210. The van der Waals surface area contributed by atoms with Crippen molar-refractivity contribution in [2.24, 2.45) is 5.14 Å². The summed E-state index contributed by atoms with van der Waals surface area (Å²) in [6.45, 7) is 3.89. The highest BCUT2D eigenvalue weighted by Crippen LogP contribution is 2.06. The lowest BCUT2D eigenvalue weighted by atomic mass is 10.2. The van der Waals surface area contributed by atoms with Crippen molar-refractivity contribution in [2.75, 3.05) is 39.3 Å². The van der Waals surface area contributed by atoms with Crippen LogP contribution in [-0.4, -0.2) is 53.8 Å². The van der Waals surface area contributed by atoms with E-state index in [-0.39, 0.29) is 11.9 Å². The van der Waals surface area contributed by atoms with E-state index in [1.807, 2.05) is 6.92 Å². The third-order valence-electron chi connectivity index (χ3n) is 2.31. The lowest BCUT2D eigenvalue weighted by Crippen LogP contribution is -2.30. The number of hydrogen-bond donors (Lipinski definition) is 1. The highest BCUT2D eigenvalue weighted by atomic mass is 32.2. The van der Waals surface area contributed by atoms with Gasteiger partial charge in [0.2, 0.25) is 10.0 Å². The predicted molar refractivity (Wildman–Crippen MR) is 69.9 cm³/mol. The molecule has 0 aromatic rings. The summed E-state index contributed by atoms with van der Waals surface area (Å²) in [5.41, 5.74) is 0. The molecule has 0 spiro atoms. The molecule has 0 unspecified atom stereocenters. The maximum Gasteiger partial charge on any atom is 0.211 e. The molecule has 0 saturated carbocycles. The topological polar surface area (TPSA) is 87.9 Å². The largest absolute Gasteiger partial charge is 0.382 e. The molecule has 0 aliphatic heterocycles. The van der Waals surface area contributed by atoms with Crippen LogP contribution in [-0.2, 0) is 24.2 Å². The van der Waals surface area contributed by atoms with Gasteiger partial charge in [0.15, 0.2) is 0 Å². The van der Waals surface area contributed by atoms with Crippen LogP contribution in [0.4, 0.5) is 0 Å². The number of rotatable bonds is 12. The molecule has 0 aromatic carbocycles. The minimum Gasteiger partial charge on any atom is -0.382 e. The first-order valence-electron chi connectivity index (χ1n) is 6.18. The fourth-order valence-corrected chi connectivity index (χ4v) is 2.20. The minimum atomic E-state index is -3.49. The number of nitrogens with two attached hydrogens (primary N) is 1. The van der Waals surface area contributed by atoms with Gasteiger partial charge in [-0.3, -0.25) is 0 Å². The third-order valence-corrected chi connectivity index (χ3v) is 3.15. The van der Waals surface area contributed by atoms with E-state index in [4.69, 9.17) is 19.3 Å². The van der Waals surface area contributed by atoms with Gasteiger partial charge in [-0.2, -0.15) is 0 Å². The van der Waals surface area contributed by atoms with Gasteiger partial charge in [-0.15, -0.1) is 0 Å². The Morgan fingerprint density at radius 1 is 1.17 bits per heavy atom. The van der Waals surface area contributed by atoms with Crippen LogP contribution in [0.1, 0.15) is 26.2 Å². The molecule has 0 heterocycles. The second kappa shape index (κ2) is 10.7. The molecule has 110 valence electrons. The second-order valence-electron chi connectivity index (χ2n) is 4.07. The van der Waals surface area contributed by atoms with E-state index < -0.39 is 10.0 Å². The van der Waals surface area contributed by atoms with Gasteiger partial charge < -0.3 is 14.2 Å². The van der Waals surface area contributed by atoms with Gasteiger partial charge in [-0.25, -0.2) is 13.6 Å². The summed E-state index contributed by atoms with van der Waals surface area (Å²) in [7, 11) is -1.89. The zero-order valence-electron chi connectivity index (χ0n) is 11.3. The molecule has 0 aliphatic rings. The molecule has 0 saturated heterocycles. The van der Waals surface area contributed by atoms with E-state index in [1.165, 1.54) is 0 Å². The van der Waals surface area contributed by atoms with E-state index in [9.17, 15) is 8.42 Å². The molecule has 0 bridgehead atoms. The number of hydrogen-bond acceptors (Lipinski definition) is 5. The van der Waals surface area contributed by atoms with Crippen LogP contribution in [0.2, 0.25) is 0 Å². The highest BCUT2D eigenvalue weighted by molar-refractivity contribution is 7.89. The Morgan fingerprint density at radius 3 is 2.39 bits per heavy atom. The SMILES string of the molecule is CCCC[C@@H](CS(N)(=O)=O)OCCOCCOC. The number of unbranched alkanes of at least 4 members (excludes halogenated alkanes) is 1. The van der Waals surface area contributed by atoms with Crippen molar-refractivity contribution in [3.8, 4) is 0 Å². The van der Waals surface area contributed by atoms with Crippen LogP contribution in [0.15, 0.2) is 0 Å². The summed E-state index contributed by atoms with van der Waals surface area (Å²) in [4.78, 5) is 0. The maximum absolute atomic E-state index is 11.0. The molecule has 7 heteroatoms. The molecule has 0 rings (SSSR count). The van der Waals surface area contributed by atoms with Crippen molar-refractivity contribution in [3.05, 3.63) is 0 Å². The zero-order chi connectivity index (χ0) is 13.9. The van der Waals surface area contributed by atoms with E-state index in [1.54, 1.807) is 7.11 Å². The quantitative estimate of drug-likeness (QED) is 0.527. The molecule has 2 N–H and O–H groups in total. The van der Waals surface area contributed by atoms with Crippen LogP contribution in [0.3, 0.4) is 0 Å². The molecule has 6 nitrogen and oxygen atoms in total. The van der Waals surface area contributed by atoms with Gasteiger partial charge >= 0.3 is 0 Å². The Balaban J connectivity index is 3.79. The lowest BCUT2D eigenvalue weighted by molar-refractivity contribution is -0.00221. The summed E-state index contributed by atoms with van der Waals surface area (Å²) < 4.78 is 37.6. The average Bonchev–Trinajstić information content (AvgIpc) is 2.28. The standard InChI is InChI=1S/C11H25NO5S/c1-3-4-5-11(10-18(12,13)14)17-9-8-16-7-6-15-2/h11H,3-10H2,1-2H3,(H2,12,13,14)/t11-/m0/s1. The molecule has 0 fully saturated rings. The van der Waals surface area contributed by atoms with E-state index in [2.05, 4.69) is 0 Å².